The quantitative estimate of drug-likeness (QED) is 0.466. The zero-order valence-electron chi connectivity index (χ0n) is 17.5. The Morgan fingerprint density at radius 3 is 2.41 bits per heavy atom. The molecule has 3 aromatic carbocycles. The number of nitrogens with one attached hydrogen (secondary N) is 1. The van der Waals surface area contributed by atoms with Crippen LogP contribution < -0.4 is 19.5 Å². The van der Waals surface area contributed by atoms with E-state index >= 15 is 0 Å². The van der Waals surface area contributed by atoms with Crippen LogP contribution in [0.4, 0.5) is 18.9 Å². The van der Waals surface area contributed by atoms with Crippen molar-refractivity contribution in [2.45, 2.75) is 19.7 Å². The molecule has 0 aliphatic carbocycles. The van der Waals surface area contributed by atoms with Gasteiger partial charge in [0.25, 0.3) is 5.91 Å². The van der Waals surface area contributed by atoms with Gasteiger partial charge in [0.05, 0.1) is 19.3 Å². The third kappa shape index (κ3) is 5.94. The lowest BCUT2D eigenvalue weighted by Crippen LogP contribution is -2.14. The van der Waals surface area contributed by atoms with E-state index in [0.29, 0.717) is 29.4 Å². The third-order valence-corrected chi connectivity index (χ3v) is 4.51. The second-order valence-corrected chi connectivity index (χ2v) is 6.76. The first-order valence-electron chi connectivity index (χ1n) is 9.81. The van der Waals surface area contributed by atoms with Gasteiger partial charge in [-0.1, -0.05) is 12.1 Å². The van der Waals surface area contributed by atoms with Gasteiger partial charge in [0.1, 0.15) is 23.9 Å². The highest BCUT2D eigenvalue weighted by Crippen LogP contribution is 2.31. The number of methoxy groups -OCH3 is 1. The molecule has 0 aliphatic rings. The molecule has 3 aromatic rings. The SMILES string of the molecule is CCOc1ccc(C(=O)Nc2cccc(C(F)(F)F)c2)cc1COc1cccc(OC)c1. The molecule has 0 aliphatic heterocycles. The third-order valence-electron chi connectivity index (χ3n) is 4.51. The number of halogens is 3. The standard InChI is InChI=1S/C24H22F3NO4/c1-3-31-22-11-10-16(12-17(22)15-32-21-9-5-8-20(14-21)30-2)23(29)28-19-7-4-6-18(13-19)24(25,26)27/h4-14H,3,15H2,1-2H3,(H,28,29). The minimum absolute atomic E-state index is 0.0490. The molecule has 0 heterocycles. The summed E-state index contributed by atoms with van der Waals surface area (Å²) in [5.41, 5.74) is 0.0868. The molecule has 168 valence electrons. The molecule has 1 N–H and O–H groups in total. The van der Waals surface area contributed by atoms with Crippen molar-refractivity contribution >= 4 is 11.6 Å². The fourth-order valence-electron chi connectivity index (χ4n) is 2.96. The van der Waals surface area contributed by atoms with Gasteiger partial charge in [0.2, 0.25) is 0 Å². The summed E-state index contributed by atoms with van der Waals surface area (Å²) in [4.78, 5) is 12.7. The van der Waals surface area contributed by atoms with Gasteiger partial charge in [0.15, 0.2) is 0 Å². The number of carbonyl (C=O) groups is 1. The van der Waals surface area contributed by atoms with Gasteiger partial charge in [-0.15, -0.1) is 0 Å². The first-order chi connectivity index (χ1) is 15.3. The van der Waals surface area contributed by atoms with E-state index in [2.05, 4.69) is 5.32 Å². The Balaban J connectivity index is 1.79. The molecule has 8 heteroatoms. The Labute approximate surface area is 183 Å². The second kappa shape index (κ2) is 10.1. The first kappa shape index (κ1) is 23.0. The van der Waals surface area contributed by atoms with Crippen molar-refractivity contribution in [3.63, 3.8) is 0 Å². The number of hydrogen-bond acceptors (Lipinski definition) is 4. The molecular weight excluding hydrogens is 423 g/mol. The van der Waals surface area contributed by atoms with Crippen LogP contribution in [0.15, 0.2) is 66.7 Å². The Hall–Kier alpha value is -3.68. The van der Waals surface area contributed by atoms with Crippen LogP contribution in [-0.4, -0.2) is 19.6 Å². The van der Waals surface area contributed by atoms with Gasteiger partial charge < -0.3 is 19.5 Å². The number of benzene rings is 3. The van der Waals surface area contributed by atoms with Crippen molar-refractivity contribution < 1.29 is 32.2 Å². The predicted molar refractivity (Wildman–Crippen MR) is 114 cm³/mol. The molecule has 0 aromatic heterocycles. The number of rotatable bonds is 8. The largest absolute Gasteiger partial charge is 0.497 e. The van der Waals surface area contributed by atoms with Crippen LogP contribution in [0.25, 0.3) is 0 Å². The number of ether oxygens (including phenoxy) is 3. The molecule has 3 rings (SSSR count). The molecule has 0 fully saturated rings. The summed E-state index contributed by atoms with van der Waals surface area (Å²) in [6, 6.07) is 16.3. The predicted octanol–water partition coefficient (Wildman–Crippen LogP) is 5.94. The molecule has 0 bridgehead atoms. The van der Waals surface area contributed by atoms with Crippen molar-refractivity contribution in [3.05, 3.63) is 83.4 Å². The Morgan fingerprint density at radius 2 is 1.69 bits per heavy atom. The lowest BCUT2D eigenvalue weighted by Gasteiger charge is -2.14. The van der Waals surface area contributed by atoms with E-state index < -0.39 is 17.6 Å². The summed E-state index contributed by atoms with van der Waals surface area (Å²) in [5.74, 6) is 1.22. The Bertz CT molecular complexity index is 1080. The van der Waals surface area contributed by atoms with E-state index in [-0.39, 0.29) is 17.9 Å². The molecule has 0 atom stereocenters. The lowest BCUT2D eigenvalue weighted by atomic mass is 10.1. The topological polar surface area (TPSA) is 56.8 Å². The molecule has 0 saturated heterocycles. The van der Waals surface area contributed by atoms with Gasteiger partial charge in [-0.25, -0.2) is 0 Å². The zero-order chi connectivity index (χ0) is 23.1. The van der Waals surface area contributed by atoms with Crippen LogP contribution in [0, 0.1) is 0 Å². The van der Waals surface area contributed by atoms with Crippen molar-refractivity contribution in [3.8, 4) is 17.2 Å². The molecule has 32 heavy (non-hydrogen) atoms. The number of hydrogen-bond donors (Lipinski definition) is 1. The maximum atomic E-state index is 12.9. The summed E-state index contributed by atoms with van der Waals surface area (Å²) in [6.45, 7) is 2.37. The number of alkyl halides is 3. The van der Waals surface area contributed by atoms with Crippen LogP contribution in [0.5, 0.6) is 17.2 Å². The van der Waals surface area contributed by atoms with Crippen LogP contribution in [0.3, 0.4) is 0 Å². The summed E-state index contributed by atoms with van der Waals surface area (Å²) >= 11 is 0. The zero-order valence-corrected chi connectivity index (χ0v) is 17.5. The van der Waals surface area contributed by atoms with Gasteiger partial charge >= 0.3 is 6.18 Å². The van der Waals surface area contributed by atoms with Crippen LogP contribution >= 0.6 is 0 Å². The van der Waals surface area contributed by atoms with Gasteiger partial charge in [-0.05, 0) is 55.5 Å². The maximum Gasteiger partial charge on any atom is 0.416 e. The molecule has 0 unspecified atom stereocenters. The summed E-state index contributed by atoms with van der Waals surface area (Å²) in [6.07, 6.45) is -4.50. The Morgan fingerprint density at radius 1 is 0.938 bits per heavy atom. The highest BCUT2D eigenvalue weighted by molar-refractivity contribution is 6.04. The van der Waals surface area contributed by atoms with Crippen LogP contribution in [-0.2, 0) is 12.8 Å². The second-order valence-electron chi connectivity index (χ2n) is 6.76. The van der Waals surface area contributed by atoms with Gasteiger partial charge in [-0.3, -0.25) is 4.79 Å². The molecule has 0 spiro atoms. The molecule has 0 saturated carbocycles. The number of amides is 1. The highest BCUT2D eigenvalue weighted by atomic mass is 19.4. The first-order valence-corrected chi connectivity index (χ1v) is 9.81. The normalized spacial score (nSPS) is 11.0. The van der Waals surface area contributed by atoms with Crippen molar-refractivity contribution in [2.24, 2.45) is 0 Å². The summed E-state index contributed by atoms with van der Waals surface area (Å²) < 4.78 is 55.4. The van der Waals surface area contributed by atoms with Crippen molar-refractivity contribution in [1.82, 2.24) is 0 Å². The fraction of sp³-hybridized carbons (Fsp3) is 0.208. The van der Waals surface area contributed by atoms with Crippen LogP contribution in [0.1, 0.15) is 28.4 Å². The van der Waals surface area contributed by atoms with Crippen LogP contribution in [0.2, 0.25) is 0 Å². The number of anilines is 1. The Kier molecular flexibility index (Phi) is 7.25. The van der Waals surface area contributed by atoms with Crippen molar-refractivity contribution in [1.29, 1.82) is 0 Å². The average Bonchev–Trinajstić information content (AvgIpc) is 2.78. The van der Waals surface area contributed by atoms with E-state index in [9.17, 15) is 18.0 Å². The molecule has 5 nitrogen and oxygen atoms in total. The average molecular weight is 445 g/mol. The minimum atomic E-state index is -4.50. The monoisotopic (exact) mass is 445 g/mol. The summed E-state index contributed by atoms with van der Waals surface area (Å²) in [7, 11) is 1.55. The summed E-state index contributed by atoms with van der Waals surface area (Å²) in [5, 5.41) is 2.50. The van der Waals surface area contributed by atoms with E-state index in [1.807, 2.05) is 6.92 Å². The lowest BCUT2D eigenvalue weighted by molar-refractivity contribution is -0.137. The fourth-order valence-corrected chi connectivity index (χ4v) is 2.96. The molecular formula is C24H22F3NO4. The van der Waals surface area contributed by atoms with E-state index in [1.54, 1.807) is 49.6 Å². The molecule has 1 amide bonds. The highest BCUT2D eigenvalue weighted by Gasteiger charge is 2.30. The van der Waals surface area contributed by atoms with E-state index in [1.165, 1.54) is 12.1 Å². The smallest absolute Gasteiger partial charge is 0.416 e. The van der Waals surface area contributed by atoms with E-state index in [0.717, 1.165) is 12.1 Å². The maximum absolute atomic E-state index is 12.9. The molecule has 0 radical (unpaired) electrons. The van der Waals surface area contributed by atoms with Crippen molar-refractivity contribution in [2.75, 3.05) is 19.0 Å². The number of carbonyl (C=O) groups excluding carboxylic acids is 1. The minimum Gasteiger partial charge on any atom is -0.497 e. The van der Waals surface area contributed by atoms with E-state index in [4.69, 9.17) is 14.2 Å². The van der Waals surface area contributed by atoms with Gasteiger partial charge in [-0.2, -0.15) is 13.2 Å². The van der Waals surface area contributed by atoms with Gasteiger partial charge in [0, 0.05) is 22.9 Å².